The molecule has 16 heavy (non-hydrogen) atoms. The molecule has 0 saturated carbocycles. The fourth-order valence-corrected chi connectivity index (χ4v) is 2.08. The molecule has 0 bridgehead atoms. The van der Waals surface area contributed by atoms with Gasteiger partial charge in [0.25, 0.3) is 0 Å². The fraction of sp³-hybridized carbons (Fsp3) is 0.571. The van der Waals surface area contributed by atoms with Crippen molar-refractivity contribution in [3.05, 3.63) is 24.3 Å². The van der Waals surface area contributed by atoms with Gasteiger partial charge >= 0.3 is 0 Å². The van der Waals surface area contributed by atoms with Crippen molar-refractivity contribution in [1.29, 1.82) is 0 Å². The molecule has 0 aliphatic carbocycles. The first-order valence-electron chi connectivity index (χ1n) is 6.25. The van der Waals surface area contributed by atoms with E-state index in [1.165, 1.54) is 19.3 Å². The third-order valence-corrected chi connectivity index (χ3v) is 3.04. The Kier molecular flexibility index (Phi) is 5.17. The second-order valence-electron chi connectivity index (χ2n) is 4.27. The highest BCUT2D eigenvalue weighted by Gasteiger charge is 2.14. The van der Waals surface area contributed by atoms with E-state index in [4.69, 9.17) is 0 Å². The van der Waals surface area contributed by atoms with Crippen LogP contribution >= 0.6 is 0 Å². The second-order valence-corrected chi connectivity index (χ2v) is 4.27. The van der Waals surface area contributed by atoms with Crippen LogP contribution < -0.4 is 4.90 Å². The summed E-state index contributed by atoms with van der Waals surface area (Å²) in [7, 11) is 0. The van der Waals surface area contributed by atoms with Crippen LogP contribution in [0.4, 0.5) is 5.69 Å². The van der Waals surface area contributed by atoms with Gasteiger partial charge in [-0.25, -0.2) is 0 Å². The maximum absolute atomic E-state index is 9.84. The van der Waals surface area contributed by atoms with Gasteiger partial charge in [0.1, 0.15) is 5.75 Å². The molecule has 1 rings (SSSR count). The Labute approximate surface area is 98.9 Å². The SMILES string of the molecule is CCCCC(C)N(CC)c1ccccc1O. The van der Waals surface area contributed by atoms with Crippen molar-refractivity contribution in [3.8, 4) is 5.75 Å². The number of rotatable bonds is 6. The van der Waals surface area contributed by atoms with E-state index in [-0.39, 0.29) is 0 Å². The number of hydrogen-bond donors (Lipinski definition) is 1. The zero-order valence-electron chi connectivity index (χ0n) is 10.6. The minimum atomic E-state index is 0.382. The molecular weight excluding hydrogens is 198 g/mol. The van der Waals surface area contributed by atoms with Crippen molar-refractivity contribution in [3.63, 3.8) is 0 Å². The zero-order valence-corrected chi connectivity index (χ0v) is 10.6. The lowest BCUT2D eigenvalue weighted by molar-refractivity contribution is 0.468. The third-order valence-electron chi connectivity index (χ3n) is 3.04. The van der Waals surface area contributed by atoms with Crippen LogP contribution in [0.1, 0.15) is 40.0 Å². The number of aromatic hydroxyl groups is 1. The Morgan fingerprint density at radius 3 is 2.50 bits per heavy atom. The van der Waals surface area contributed by atoms with E-state index in [9.17, 15) is 5.11 Å². The predicted molar refractivity (Wildman–Crippen MR) is 70.1 cm³/mol. The lowest BCUT2D eigenvalue weighted by Crippen LogP contribution is -2.32. The van der Waals surface area contributed by atoms with E-state index in [0.29, 0.717) is 11.8 Å². The van der Waals surface area contributed by atoms with Gasteiger partial charge in [0, 0.05) is 12.6 Å². The fourth-order valence-electron chi connectivity index (χ4n) is 2.08. The van der Waals surface area contributed by atoms with Gasteiger partial charge in [-0.05, 0) is 32.4 Å². The van der Waals surface area contributed by atoms with Crippen molar-refractivity contribution >= 4 is 5.69 Å². The molecule has 90 valence electrons. The summed E-state index contributed by atoms with van der Waals surface area (Å²) >= 11 is 0. The first kappa shape index (κ1) is 12.9. The van der Waals surface area contributed by atoms with Crippen LogP contribution in [0.15, 0.2) is 24.3 Å². The van der Waals surface area contributed by atoms with Crippen LogP contribution in [0.25, 0.3) is 0 Å². The minimum absolute atomic E-state index is 0.382. The molecule has 1 aromatic rings. The smallest absolute Gasteiger partial charge is 0.138 e. The van der Waals surface area contributed by atoms with Gasteiger partial charge < -0.3 is 10.0 Å². The molecular formula is C14H23NO. The van der Waals surface area contributed by atoms with Crippen LogP contribution in [0, 0.1) is 0 Å². The van der Waals surface area contributed by atoms with Crippen molar-refractivity contribution in [2.45, 2.75) is 46.1 Å². The van der Waals surface area contributed by atoms with Crippen molar-refractivity contribution < 1.29 is 5.11 Å². The van der Waals surface area contributed by atoms with Gasteiger partial charge in [0.05, 0.1) is 5.69 Å². The van der Waals surface area contributed by atoms with Crippen molar-refractivity contribution in [2.75, 3.05) is 11.4 Å². The number of unbranched alkanes of at least 4 members (excludes halogenated alkanes) is 1. The van der Waals surface area contributed by atoms with Gasteiger partial charge in [-0.15, -0.1) is 0 Å². The summed E-state index contributed by atoms with van der Waals surface area (Å²) in [6, 6.07) is 8.07. The molecule has 0 spiro atoms. The lowest BCUT2D eigenvalue weighted by Gasteiger charge is -2.30. The molecule has 0 amide bonds. The minimum Gasteiger partial charge on any atom is -0.506 e. The molecule has 0 aliphatic rings. The number of anilines is 1. The van der Waals surface area contributed by atoms with Gasteiger partial charge in [-0.3, -0.25) is 0 Å². The average molecular weight is 221 g/mol. The summed E-state index contributed by atoms with van der Waals surface area (Å²) in [5.74, 6) is 0.382. The highest BCUT2D eigenvalue weighted by molar-refractivity contribution is 5.58. The van der Waals surface area contributed by atoms with Gasteiger partial charge in [0.15, 0.2) is 0 Å². The monoisotopic (exact) mass is 221 g/mol. The summed E-state index contributed by atoms with van der Waals surface area (Å²) in [5, 5.41) is 9.84. The molecule has 0 aromatic heterocycles. The zero-order chi connectivity index (χ0) is 12.0. The lowest BCUT2D eigenvalue weighted by atomic mass is 10.1. The van der Waals surface area contributed by atoms with Crippen LogP contribution in [0.2, 0.25) is 0 Å². The molecule has 2 heteroatoms. The second kappa shape index (κ2) is 6.41. The summed E-state index contributed by atoms with van der Waals surface area (Å²) in [6.45, 7) is 7.51. The number of para-hydroxylation sites is 2. The summed E-state index contributed by atoms with van der Waals surface area (Å²) in [5.41, 5.74) is 0.952. The molecule has 1 aromatic carbocycles. The first-order valence-corrected chi connectivity index (χ1v) is 6.25. The van der Waals surface area contributed by atoms with E-state index in [1.807, 2.05) is 18.2 Å². The maximum Gasteiger partial charge on any atom is 0.138 e. The van der Waals surface area contributed by atoms with Crippen LogP contribution in [-0.4, -0.2) is 17.7 Å². The topological polar surface area (TPSA) is 23.5 Å². The Balaban J connectivity index is 2.77. The van der Waals surface area contributed by atoms with Crippen LogP contribution in [0.3, 0.4) is 0 Å². The summed E-state index contributed by atoms with van der Waals surface area (Å²) < 4.78 is 0. The number of benzene rings is 1. The third kappa shape index (κ3) is 3.16. The quantitative estimate of drug-likeness (QED) is 0.790. The number of phenols is 1. The van der Waals surface area contributed by atoms with Crippen molar-refractivity contribution in [1.82, 2.24) is 0 Å². The van der Waals surface area contributed by atoms with Crippen LogP contribution in [0.5, 0.6) is 5.75 Å². The highest BCUT2D eigenvalue weighted by Crippen LogP contribution is 2.28. The Morgan fingerprint density at radius 2 is 1.94 bits per heavy atom. The van der Waals surface area contributed by atoms with Crippen molar-refractivity contribution in [2.24, 2.45) is 0 Å². The molecule has 1 N–H and O–H groups in total. The number of phenolic OH excluding ortho intramolecular Hbond substituents is 1. The number of nitrogens with zero attached hydrogens (tertiary/aromatic N) is 1. The molecule has 0 aliphatic heterocycles. The van der Waals surface area contributed by atoms with E-state index in [1.54, 1.807) is 6.07 Å². The van der Waals surface area contributed by atoms with E-state index >= 15 is 0 Å². The van der Waals surface area contributed by atoms with Gasteiger partial charge in [-0.2, -0.15) is 0 Å². The molecule has 1 unspecified atom stereocenters. The Bertz CT molecular complexity index is 311. The number of hydrogen-bond acceptors (Lipinski definition) is 2. The predicted octanol–water partition coefficient (Wildman–Crippen LogP) is 3.80. The molecule has 0 fully saturated rings. The largest absolute Gasteiger partial charge is 0.506 e. The molecule has 2 nitrogen and oxygen atoms in total. The van der Waals surface area contributed by atoms with E-state index in [0.717, 1.165) is 12.2 Å². The Hall–Kier alpha value is -1.18. The first-order chi connectivity index (χ1) is 7.70. The maximum atomic E-state index is 9.84. The normalized spacial score (nSPS) is 12.4. The van der Waals surface area contributed by atoms with E-state index < -0.39 is 0 Å². The standard InChI is InChI=1S/C14H23NO/c1-4-6-9-12(3)15(5-2)13-10-7-8-11-14(13)16/h7-8,10-12,16H,4-6,9H2,1-3H3. The van der Waals surface area contributed by atoms with Crippen LogP contribution in [-0.2, 0) is 0 Å². The average Bonchev–Trinajstić information content (AvgIpc) is 2.30. The van der Waals surface area contributed by atoms with Gasteiger partial charge in [0.2, 0.25) is 0 Å². The Morgan fingerprint density at radius 1 is 1.25 bits per heavy atom. The summed E-state index contributed by atoms with van der Waals surface area (Å²) in [6.07, 6.45) is 3.65. The summed E-state index contributed by atoms with van der Waals surface area (Å²) in [4.78, 5) is 2.27. The highest BCUT2D eigenvalue weighted by atomic mass is 16.3. The molecule has 1 atom stereocenters. The molecule has 0 saturated heterocycles. The van der Waals surface area contributed by atoms with Gasteiger partial charge in [-0.1, -0.05) is 31.9 Å². The van der Waals surface area contributed by atoms with E-state index in [2.05, 4.69) is 25.7 Å². The molecule has 0 heterocycles. The molecule has 0 radical (unpaired) electrons.